The number of fused-ring (bicyclic) bond motifs is 1. The van der Waals surface area contributed by atoms with Gasteiger partial charge in [-0.15, -0.1) is 0 Å². The molecule has 2 heterocycles. The fourth-order valence-corrected chi connectivity index (χ4v) is 2.36. The minimum Gasteiger partial charge on any atom is -0.370 e. The highest BCUT2D eigenvalue weighted by Crippen LogP contribution is 2.23. The van der Waals surface area contributed by atoms with Crippen molar-refractivity contribution in [3.05, 3.63) is 72.2 Å². The minimum absolute atomic E-state index is 0.0937. The number of hydrogen-bond acceptors (Lipinski definition) is 4. The molecule has 1 unspecified atom stereocenters. The quantitative estimate of drug-likeness (QED) is 0.759. The summed E-state index contributed by atoms with van der Waals surface area (Å²) >= 11 is 0. The smallest absolute Gasteiger partial charge is 0.220 e. The summed E-state index contributed by atoms with van der Waals surface area (Å²) in [5.41, 5.74) is 7.90. The first-order valence-electron chi connectivity index (χ1n) is 7.37. The largest absolute Gasteiger partial charge is 0.370 e. The van der Waals surface area contributed by atoms with Gasteiger partial charge in [0.15, 0.2) is 0 Å². The molecule has 2 aromatic heterocycles. The zero-order valence-corrected chi connectivity index (χ0v) is 12.6. The Morgan fingerprint density at radius 1 is 1.13 bits per heavy atom. The number of nitrogens with zero attached hydrogens (tertiary/aromatic N) is 2. The molecular formula is C18H17N3O2. The Morgan fingerprint density at radius 3 is 2.74 bits per heavy atom. The van der Waals surface area contributed by atoms with Crippen LogP contribution >= 0.6 is 0 Å². The minimum atomic E-state index is -0.467. The van der Waals surface area contributed by atoms with Crippen LogP contribution in [0.4, 0.5) is 0 Å². The molecule has 0 aliphatic carbocycles. The lowest BCUT2D eigenvalue weighted by Crippen LogP contribution is -2.18. The summed E-state index contributed by atoms with van der Waals surface area (Å²) < 4.78 is 5.90. The lowest BCUT2D eigenvalue weighted by molar-refractivity contribution is -0.121. The predicted octanol–water partition coefficient (Wildman–Crippen LogP) is 2.76. The molecule has 5 nitrogen and oxygen atoms in total. The van der Waals surface area contributed by atoms with Crippen LogP contribution < -0.4 is 5.73 Å². The Labute approximate surface area is 134 Å². The van der Waals surface area contributed by atoms with Crippen LogP contribution in [0.15, 0.2) is 60.9 Å². The third-order valence-corrected chi connectivity index (χ3v) is 3.52. The molecule has 116 valence electrons. The van der Waals surface area contributed by atoms with Crippen LogP contribution in [0.1, 0.15) is 23.8 Å². The second-order valence-corrected chi connectivity index (χ2v) is 5.26. The number of hydrogen-bond donors (Lipinski definition) is 1. The second kappa shape index (κ2) is 6.98. The molecular weight excluding hydrogens is 290 g/mol. The van der Waals surface area contributed by atoms with Gasteiger partial charge in [0.25, 0.3) is 0 Å². The number of carbonyl (C=O) groups excluding carboxylic acids is 1. The number of ether oxygens (including phenoxy) is 1. The molecule has 0 aliphatic rings. The summed E-state index contributed by atoms with van der Waals surface area (Å²) in [5.74, 6) is -0.417. The summed E-state index contributed by atoms with van der Waals surface area (Å²) in [4.78, 5) is 20.0. The molecule has 1 amide bonds. The number of benzene rings is 1. The number of carbonyl (C=O) groups is 1. The van der Waals surface area contributed by atoms with Crippen molar-refractivity contribution in [3.63, 3.8) is 0 Å². The van der Waals surface area contributed by atoms with Gasteiger partial charge in [-0.1, -0.05) is 30.3 Å². The average Bonchev–Trinajstić information content (AvgIpc) is 2.59. The molecule has 3 rings (SSSR count). The average molecular weight is 307 g/mol. The van der Waals surface area contributed by atoms with E-state index in [1.807, 2.05) is 48.5 Å². The molecule has 5 heteroatoms. The van der Waals surface area contributed by atoms with Crippen molar-refractivity contribution in [1.29, 1.82) is 0 Å². The van der Waals surface area contributed by atoms with Crippen LogP contribution in [0.3, 0.4) is 0 Å². The number of primary amides is 1. The van der Waals surface area contributed by atoms with Crippen LogP contribution in [-0.4, -0.2) is 15.9 Å². The van der Waals surface area contributed by atoms with Crippen LogP contribution in [0.25, 0.3) is 10.9 Å². The summed E-state index contributed by atoms with van der Waals surface area (Å²) in [6.07, 6.45) is 3.06. The van der Waals surface area contributed by atoms with Gasteiger partial charge in [0, 0.05) is 17.8 Å². The first-order chi connectivity index (χ1) is 11.2. The van der Waals surface area contributed by atoms with Crippen LogP contribution in [0.5, 0.6) is 0 Å². The van der Waals surface area contributed by atoms with Gasteiger partial charge in [0.2, 0.25) is 5.91 Å². The van der Waals surface area contributed by atoms with Gasteiger partial charge in [-0.05, 0) is 23.8 Å². The van der Waals surface area contributed by atoms with E-state index < -0.39 is 12.0 Å². The van der Waals surface area contributed by atoms with E-state index in [-0.39, 0.29) is 6.42 Å². The summed E-state index contributed by atoms with van der Waals surface area (Å²) in [6.45, 7) is 0.398. The molecule has 0 saturated heterocycles. The predicted molar refractivity (Wildman–Crippen MR) is 87.3 cm³/mol. The van der Waals surface area contributed by atoms with Gasteiger partial charge in [-0.3, -0.25) is 9.78 Å². The van der Waals surface area contributed by atoms with Gasteiger partial charge in [0.05, 0.1) is 24.2 Å². The van der Waals surface area contributed by atoms with Crippen molar-refractivity contribution in [2.45, 2.75) is 19.1 Å². The summed E-state index contributed by atoms with van der Waals surface area (Å²) in [5, 5.41) is 0.942. The van der Waals surface area contributed by atoms with Crippen LogP contribution in [0, 0.1) is 0 Å². The molecule has 23 heavy (non-hydrogen) atoms. The lowest BCUT2D eigenvalue weighted by Gasteiger charge is -2.16. The maximum Gasteiger partial charge on any atom is 0.220 e. The molecule has 0 spiro atoms. The number of nitrogens with two attached hydrogens (primary N) is 1. The van der Waals surface area contributed by atoms with Gasteiger partial charge >= 0.3 is 0 Å². The number of amides is 1. The number of rotatable bonds is 6. The van der Waals surface area contributed by atoms with E-state index in [1.54, 1.807) is 12.4 Å². The molecule has 0 radical (unpaired) electrons. The lowest BCUT2D eigenvalue weighted by atomic mass is 10.1. The molecule has 3 aromatic rings. The second-order valence-electron chi connectivity index (χ2n) is 5.26. The fraction of sp³-hybridized carbons (Fsp3) is 0.167. The Balaban J connectivity index is 1.83. The summed E-state index contributed by atoms with van der Waals surface area (Å²) in [7, 11) is 0. The first-order valence-corrected chi connectivity index (χ1v) is 7.37. The topological polar surface area (TPSA) is 78.1 Å². The maximum atomic E-state index is 11.4. The SMILES string of the molecule is NC(=O)CC(OCc1ccccc1)c1ccc2cnccc2n1. The van der Waals surface area contributed by atoms with Crippen molar-refractivity contribution in [2.75, 3.05) is 0 Å². The highest BCUT2D eigenvalue weighted by Gasteiger charge is 2.17. The third kappa shape index (κ3) is 3.90. The monoisotopic (exact) mass is 307 g/mol. The van der Waals surface area contributed by atoms with Crippen molar-refractivity contribution in [1.82, 2.24) is 9.97 Å². The van der Waals surface area contributed by atoms with Crippen molar-refractivity contribution in [2.24, 2.45) is 5.73 Å². The molecule has 1 atom stereocenters. The van der Waals surface area contributed by atoms with Gasteiger partial charge in [-0.25, -0.2) is 4.98 Å². The summed E-state index contributed by atoms with van der Waals surface area (Å²) in [6, 6.07) is 15.4. The highest BCUT2D eigenvalue weighted by atomic mass is 16.5. The van der Waals surface area contributed by atoms with Crippen LogP contribution in [0.2, 0.25) is 0 Å². The maximum absolute atomic E-state index is 11.4. The standard InChI is InChI=1S/C18H17N3O2/c19-18(22)10-17(23-12-13-4-2-1-3-5-13)16-7-6-14-11-20-9-8-15(14)21-16/h1-9,11,17H,10,12H2,(H2,19,22). The molecule has 1 aromatic carbocycles. The Bertz CT molecular complexity index is 805. The zero-order chi connectivity index (χ0) is 16.1. The Kier molecular flexibility index (Phi) is 4.59. The van der Waals surface area contributed by atoms with Gasteiger partial charge in [-0.2, -0.15) is 0 Å². The van der Waals surface area contributed by atoms with Crippen molar-refractivity contribution >= 4 is 16.8 Å². The van der Waals surface area contributed by atoms with E-state index in [2.05, 4.69) is 9.97 Å². The molecule has 0 aliphatic heterocycles. The van der Waals surface area contributed by atoms with E-state index >= 15 is 0 Å². The Hall–Kier alpha value is -2.79. The number of aromatic nitrogens is 2. The van der Waals surface area contributed by atoms with E-state index in [0.717, 1.165) is 16.5 Å². The van der Waals surface area contributed by atoms with Gasteiger partial charge < -0.3 is 10.5 Å². The van der Waals surface area contributed by atoms with E-state index in [4.69, 9.17) is 10.5 Å². The van der Waals surface area contributed by atoms with Crippen molar-refractivity contribution < 1.29 is 9.53 Å². The van der Waals surface area contributed by atoms with E-state index in [0.29, 0.717) is 12.3 Å². The third-order valence-electron chi connectivity index (χ3n) is 3.52. The molecule has 2 N–H and O–H groups in total. The first kappa shape index (κ1) is 15.1. The van der Waals surface area contributed by atoms with E-state index in [9.17, 15) is 4.79 Å². The number of pyridine rings is 2. The van der Waals surface area contributed by atoms with Crippen LogP contribution in [-0.2, 0) is 16.1 Å². The molecule has 0 saturated carbocycles. The van der Waals surface area contributed by atoms with E-state index in [1.165, 1.54) is 0 Å². The highest BCUT2D eigenvalue weighted by molar-refractivity contribution is 5.78. The molecule has 0 bridgehead atoms. The molecule has 0 fully saturated rings. The van der Waals surface area contributed by atoms with Crippen molar-refractivity contribution in [3.8, 4) is 0 Å². The normalized spacial score (nSPS) is 12.2. The van der Waals surface area contributed by atoms with Gasteiger partial charge in [0.1, 0.15) is 6.10 Å². The Morgan fingerprint density at radius 2 is 1.96 bits per heavy atom. The zero-order valence-electron chi connectivity index (χ0n) is 12.6. The fourth-order valence-electron chi connectivity index (χ4n) is 2.36.